The first kappa shape index (κ1) is 21.6. The molecule has 2 N–H and O–H groups in total. The van der Waals surface area contributed by atoms with E-state index in [1.54, 1.807) is 0 Å². The van der Waals surface area contributed by atoms with Crippen LogP contribution in [0, 0.1) is 6.92 Å². The van der Waals surface area contributed by atoms with E-state index in [0.717, 1.165) is 28.3 Å². The summed E-state index contributed by atoms with van der Waals surface area (Å²) in [7, 11) is 0. The molecule has 0 bridgehead atoms. The molecule has 4 rings (SSSR count). The van der Waals surface area contributed by atoms with Crippen molar-refractivity contribution in [1.82, 2.24) is 20.2 Å². The van der Waals surface area contributed by atoms with Crippen LogP contribution in [-0.4, -0.2) is 31.2 Å². The molecule has 32 heavy (non-hydrogen) atoms. The van der Waals surface area contributed by atoms with E-state index >= 15 is 0 Å². The van der Waals surface area contributed by atoms with Crippen LogP contribution in [0.15, 0.2) is 64.2 Å². The van der Waals surface area contributed by atoms with Crippen LogP contribution < -0.4 is 4.74 Å². The lowest BCUT2D eigenvalue weighted by Crippen LogP contribution is -1.98. The van der Waals surface area contributed by atoms with Gasteiger partial charge in [0, 0.05) is 17.7 Å². The summed E-state index contributed by atoms with van der Waals surface area (Å²) in [5, 5.41) is 16.3. The number of ether oxygens (including phenoxy) is 1. The Bertz CT molecular complexity index is 1170. The first-order valence-corrected chi connectivity index (χ1v) is 11.0. The van der Waals surface area contributed by atoms with Crippen LogP contribution in [-0.2, 0) is 23.6 Å². The summed E-state index contributed by atoms with van der Waals surface area (Å²) in [6.07, 6.45) is 0.334. The minimum atomic E-state index is -0.860. The van der Waals surface area contributed by atoms with Crippen LogP contribution in [0.1, 0.15) is 29.3 Å². The molecule has 0 saturated carbocycles. The zero-order chi connectivity index (χ0) is 22.3. The summed E-state index contributed by atoms with van der Waals surface area (Å²) in [6.45, 7) is 2.21. The van der Waals surface area contributed by atoms with Gasteiger partial charge in [0.25, 0.3) is 0 Å². The molecule has 0 aliphatic rings. The fourth-order valence-corrected chi connectivity index (χ4v) is 3.70. The van der Waals surface area contributed by atoms with E-state index in [1.807, 2.05) is 61.5 Å². The van der Waals surface area contributed by atoms with Gasteiger partial charge in [-0.15, -0.1) is 0 Å². The monoisotopic (exact) mass is 450 g/mol. The molecule has 0 saturated heterocycles. The predicted octanol–water partition coefficient (Wildman–Crippen LogP) is 4.66. The molecule has 2 aromatic carbocycles. The van der Waals surface area contributed by atoms with Gasteiger partial charge in [0.1, 0.15) is 23.8 Å². The zero-order valence-electron chi connectivity index (χ0n) is 17.4. The molecule has 0 spiro atoms. The minimum absolute atomic E-state index is 0.0187. The van der Waals surface area contributed by atoms with Crippen molar-refractivity contribution in [3.63, 3.8) is 0 Å². The molecule has 0 fully saturated rings. The van der Waals surface area contributed by atoms with Gasteiger partial charge in [0.05, 0.1) is 6.42 Å². The van der Waals surface area contributed by atoms with Gasteiger partial charge in [-0.3, -0.25) is 9.89 Å². The summed E-state index contributed by atoms with van der Waals surface area (Å²) in [5.41, 5.74) is 2.81. The highest BCUT2D eigenvalue weighted by Crippen LogP contribution is 2.24. The largest absolute Gasteiger partial charge is 0.487 e. The SMILES string of the molecule is Cc1oc(-c2ccccc2)nc1COc1ccc(CSc2nc(CCC(=O)O)n[nH]2)cc1. The number of oxazole rings is 1. The molecule has 4 aromatic rings. The van der Waals surface area contributed by atoms with Gasteiger partial charge in [-0.25, -0.2) is 9.97 Å². The Balaban J connectivity index is 1.28. The number of H-pyrrole nitrogens is 1. The second-order valence-electron chi connectivity index (χ2n) is 7.06. The first-order chi connectivity index (χ1) is 15.6. The molecule has 2 heterocycles. The third-order valence-corrected chi connectivity index (χ3v) is 5.60. The summed E-state index contributed by atoms with van der Waals surface area (Å²) in [4.78, 5) is 19.5. The molecule has 0 radical (unpaired) electrons. The van der Waals surface area contributed by atoms with Crippen molar-refractivity contribution in [2.75, 3.05) is 0 Å². The van der Waals surface area contributed by atoms with E-state index in [9.17, 15) is 4.79 Å². The number of aromatic amines is 1. The van der Waals surface area contributed by atoms with E-state index in [2.05, 4.69) is 20.2 Å². The number of aryl methyl sites for hydroxylation is 2. The number of carboxylic acids is 1. The average molecular weight is 451 g/mol. The summed E-state index contributed by atoms with van der Waals surface area (Å²) in [6, 6.07) is 17.6. The van der Waals surface area contributed by atoms with E-state index in [-0.39, 0.29) is 6.42 Å². The molecule has 8 nitrogen and oxygen atoms in total. The summed E-state index contributed by atoms with van der Waals surface area (Å²) >= 11 is 1.51. The first-order valence-electron chi connectivity index (χ1n) is 10.1. The van der Waals surface area contributed by atoms with Gasteiger partial charge in [-0.1, -0.05) is 42.1 Å². The van der Waals surface area contributed by atoms with E-state index in [1.165, 1.54) is 11.8 Å². The minimum Gasteiger partial charge on any atom is -0.487 e. The van der Waals surface area contributed by atoms with Crippen molar-refractivity contribution in [3.05, 3.63) is 77.4 Å². The molecule has 0 aliphatic carbocycles. The molecule has 2 aromatic heterocycles. The summed E-state index contributed by atoms with van der Waals surface area (Å²) in [5.74, 6) is 2.44. The third-order valence-electron chi connectivity index (χ3n) is 4.66. The molecular weight excluding hydrogens is 428 g/mol. The topological polar surface area (TPSA) is 114 Å². The quantitative estimate of drug-likeness (QED) is 0.335. The second kappa shape index (κ2) is 10.1. The van der Waals surface area contributed by atoms with Crippen molar-refractivity contribution in [3.8, 4) is 17.2 Å². The molecular formula is C23H22N4O4S. The van der Waals surface area contributed by atoms with Gasteiger partial charge in [0.15, 0.2) is 11.0 Å². The Hall–Kier alpha value is -3.59. The van der Waals surface area contributed by atoms with Gasteiger partial charge in [0.2, 0.25) is 5.89 Å². The number of nitrogens with one attached hydrogen (secondary N) is 1. The van der Waals surface area contributed by atoms with E-state index < -0.39 is 5.97 Å². The number of nitrogens with zero attached hydrogens (tertiary/aromatic N) is 3. The van der Waals surface area contributed by atoms with Gasteiger partial charge < -0.3 is 14.3 Å². The molecule has 9 heteroatoms. The van der Waals surface area contributed by atoms with Crippen molar-refractivity contribution >= 4 is 17.7 Å². The van der Waals surface area contributed by atoms with Crippen molar-refractivity contribution in [2.45, 2.75) is 37.3 Å². The molecule has 0 unspecified atom stereocenters. The Kier molecular flexibility index (Phi) is 6.86. The number of benzene rings is 2. The fourth-order valence-electron chi connectivity index (χ4n) is 2.93. The number of aromatic nitrogens is 4. The van der Waals surface area contributed by atoms with Crippen LogP contribution in [0.25, 0.3) is 11.5 Å². The van der Waals surface area contributed by atoms with Crippen LogP contribution >= 0.6 is 11.8 Å². The number of hydrogen-bond donors (Lipinski definition) is 2. The average Bonchev–Trinajstić information content (AvgIpc) is 3.42. The number of thioether (sulfide) groups is 1. The van der Waals surface area contributed by atoms with Crippen LogP contribution in [0.3, 0.4) is 0 Å². The highest BCUT2D eigenvalue weighted by atomic mass is 32.2. The maximum atomic E-state index is 10.6. The predicted molar refractivity (Wildman–Crippen MR) is 119 cm³/mol. The number of carbonyl (C=O) groups is 1. The van der Waals surface area contributed by atoms with Crippen LogP contribution in [0.4, 0.5) is 0 Å². The Morgan fingerprint density at radius 3 is 2.66 bits per heavy atom. The molecule has 0 amide bonds. The molecule has 164 valence electrons. The zero-order valence-corrected chi connectivity index (χ0v) is 18.3. The fraction of sp³-hybridized carbons (Fsp3) is 0.217. The van der Waals surface area contributed by atoms with Crippen molar-refractivity contribution in [2.24, 2.45) is 0 Å². The van der Waals surface area contributed by atoms with Gasteiger partial charge >= 0.3 is 5.97 Å². The van der Waals surface area contributed by atoms with E-state index in [0.29, 0.717) is 35.7 Å². The maximum absolute atomic E-state index is 10.6. The highest BCUT2D eigenvalue weighted by Gasteiger charge is 2.12. The second-order valence-corrected chi connectivity index (χ2v) is 8.02. The smallest absolute Gasteiger partial charge is 0.303 e. The standard InChI is InChI=1S/C23H22N4O4S/c1-15-19(24-22(31-15)17-5-3-2-4-6-17)13-30-18-9-7-16(8-10-18)14-32-23-25-20(26-27-23)11-12-21(28)29/h2-10H,11-14H2,1H3,(H,28,29)(H,25,26,27). The Morgan fingerprint density at radius 1 is 1.12 bits per heavy atom. The Labute approximate surface area is 189 Å². The molecule has 0 atom stereocenters. The van der Waals surface area contributed by atoms with Gasteiger partial charge in [-0.2, -0.15) is 5.10 Å². The number of rotatable bonds is 10. The summed E-state index contributed by atoms with van der Waals surface area (Å²) < 4.78 is 11.7. The normalized spacial score (nSPS) is 10.9. The van der Waals surface area contributed by atoms with Crippen molar-refractivity contribution < 1.29 is 19.1 Å². The third kappa shape index (κ3) is 5.76. The maximum Gasteiger partial charge on any atom is 0.303 e. The lowest BCUT2D eigenvalue weighted by molar-refractivity contribution is -0.137. The number of hydrogen-bond acceptors (Lipinski definition) is 7. The molecule has 0 aliphatic heterocycles. The highest BCUT2D eigenvalue weighted by molar-refractivity contribution is 7.98. The Morgan fingerprint density at radius 2 is 1.91 bits per heavy atom. The van der Waals surface area contributed by atoms with Crippen LogP contribution in [0.2, 0.25) is 0 Å². The van der Waals surface area contributed by atoms with Crippen molar-refractivity contribution in [1.29, 1.82) is 0 Å². The lowest BCUT2D eigenvalue weighted by Gasteiger charge is -2.06. The number of aliphatic carboxylic acids is 1. The number of carboxylic acid groups (broad SMARTS) is 1. The van der Waals surface area contributed by atoms with Gasteiger partial charge in [-0.05, 0) is 36.8 Å². The van der Waals surface area contributed by atoms with Crippen LogP contribution in [0.5, 0.6) is 5.75 Å². The van der Waals surface area contributed by atoms with E-state index in [4.69, 9.17) is 14.3 Å². The lowest BCUT2D eigenvalue weighted by atomic mass is 10.2.